The molecule has 0 aliphatic rings. The molecule has 154 valence electrons. The highest BCUT2D eigenvalue weighted by Crippen LogP contribution is 2.36. The maximum Gasteiger partial charge on any atom is 0.265 e. The van der Waals surface area contributed by atoms with E-state index < -0.39 is 15.6 Å². The van der Waals surface area contributed by atoms with Gasteiger partial charge in [0, 0.05) is 23.8 Å². The summed E-state index contributed by atoms with van der Waals surface area (Å²) in [5.74, 6) is 0. The van der Waals surface area contributed by atoms with Crippen LogP contribution >= 0.6 is 11.6 Å². The number of nitrogens with zero attached hydrogens (tertiary/aromatic N) is 4. The van der Waals surface area contributed by atoms with Gasteiger partial charge in [0.05, 0.1) is 40.1 Å². The van der Waals surface area contributed by atoms with Crippen molar-refractivity contribution in [1.82, 2.24) is 14.3 Å². The Kier molecular flexibility index (Phi) is 5.38. The standard InChI is InChI=1S/C19H22ClN5O3S/c1-12(2)25-9-13(7-21)17-15(20)5-6-16(18(17)25)23-29(27,28)14-8-22-24(10-14)11-19(3,4)26/h5-6,8-10,12,23,26H,11H2,1-4H3. The van der Waals surface area contributed by atoms with Gasteiger partial charge in [-0.05, 0) is 39.8 Å². The second-order valence-electron chi connectivity index (χ2n) is 7.77. The first-order chi connectivity index (χ1) is 13.4. The second kappa shape index (κ2) is 7.37. The van der Waals surface area contributed by atoms with Crippen LogP contribution in [-0.4, -0.2) is 33.5 Å². The number of halogens is 1. The van der Waals surface area contributed by atoms with Crippen molar-refractivity contribution in [3.8, 4) is 6.07 Å². The van der Waals surface area contributed by atoms with Crippen LogP contribution < -0.4 is 4.72 Å². The van der Waals surface area contributed by atoms with Crippen molar-refractivity contribution in [2.45, 2.75) is 50.8 Å². The summed E-state index contributed by atoms with van der Waals surface area (Å²) in [4.78, 5) is -0.0343. The Balaban J connectivity index is 2.07. The number of aromatic nitrogens is 3. The fraction of sp³-hybridized carbons (Fsp3) is 0.368. The molecule has 29 heavy (non-hydrogen) atoms. The van der Waals surface area contributed by atoms with E-state index >= 15 is 0 Å². The number of nitrogens with one attached hydrogen (secondary N) is 1. The summed E-state index contributed by atoms with van der Waals surface area (Å²) >= 11 is 6.31. The number of nitriles is 1. The summed E-state index contributed by atoms with van der Waals surface area (Å²) in [7, 11) is -3.95. The van der Waals surface area contributed by atoms with Crippen molar-refractivity contribution in [2.24, 2.45) is 0 Å². The van der Waals surface area contributed by atoms with E-state index in [1.54, 1.807) is 32.2 Å². The molecule has 0 saturated heterocycles. The lowest BCUT2D eigenvalue weighted by molar-refractivity contribution is 0.0577. The van der Waals surface area contributed by atoms with E-state index in [9.17, 15) is 18.8 Å². The van der Waals surface area contributed by atoms with Crippen molar-refractivity contribution < 1.29 is 13.5 Å². The minimum Gasteiger partial charge on any atom is -0.389 e. The van der Waals surface area contributed by atoms with Crippen LogP contribution in [0.1, 0.15) is 39.3 Å². The molecule has 2 aromatic heterocycles. The van der Waals surface area contributed by atoms with E-state index in [0.29, 0.717) is 27.2 Å². The zero-order valence-corrected chi connectivity index (χ0v) is 18.1. The highest BCUT2D eigenvalue weighted by Gasteiger charge is 2.23. The lowest BCUT2D eigenvalue weighted by atomic mass is 10.1. The number of fused-ring (bicyclic) bond motifs is 1. The number of hydrogen-bond acceptors (Lipinski definition) is 5. The number of hydrogen-bond donors (Lipinski definition) is 2. The van der Waals surface area contributed by atoms with Gasteiger partial charge in [-0.1, -0.05) is 11.6 Å². The van der Waals surface area contributed by atoms with Crippen molar-refractivity contribution in [2.75, 3.05) is 4.72 Å². The van der Waals surface area contributed by atoms with E-state index in [1.165, 1.54) is 17.1 Å². The number of rotatable bonds is 6. The SMILES string of the molecule is CC(C)n1cc(C#N)c2c(Cl)ccc(NS(=O)(=O)c3cnn(CC(C)(C)O)c3)c21. The van der Waals surface area contributed by atoms with Crippen molar-refractivity contribution >= 4 is 38.2 Å². The van der Waals surface area contributed by atoms with Crippen LogP contribution in [0.2, 0.25) is 5.02 Å². The molecule has 0 bridgehead atoms. The van der Waals surface area contributed by atoms with Crippen LogP contribution in [0, 0.1) is 11.3 Å². The smallest absolute Gasteiger partial charge is 0.265 e. The minimum atomic E-state index is -3.95. The summed E-state index contributed by atoms with van der Waals surface area (Å²) in [5, 5.41) is 24.3. The lowest BCUT2D eigenvalue weighted by Gasteiger charge is -2.16. The molecule has 0 atom stereocenters. The monoisotopic (exact) mass is 435 g/mol. The molecule has 0 amide bonds. The zero-order chi connectivity index (χ0) is 21.6. The first kappa shape index (κ1) is 21.2. The number of benzene rings is 1. The highest BCUT2D eigenvalue weighted by molar-refractivity contribution is 7.92. The molecule has 0 unspecified atom stereocenters. The molecular weight excluding hydrogens is 414 g/mol. The van der Waals surface area contributed by atoms with Crippen LogP contribution in [0.4, 0.5) is 5.69 Å². The van der Waals surface area contributed by atoms with Gasteiger partial charge in [-0.3, -0.25) is 9.40 Å². The van der Waals surface area contributed by atoms with Crippen LogP contribution in [0.15, 0.2) is 35.6 Å². The van der Waals surface area contributed by atoms with Gasteiger partial charge in [0.1, 0.15) is 11.0 Å². The van der Waals surface area contributed by atoms with Gasteiger partial charge >= 0.3 is 0 Å². The summed E-state index contributed by atoms with van der Waals surface area (Å²) in [6.07, 6.45) is 4.25. The van der Waals surface area contributed by atoms with Crippen LogP contribution in [-0.2, 0) is 16.6 Å². The maximum absolute atomic E-state index is 12.9. The summed E-state index contributed by atoms with van der Waals surface area (Å²) in [5.41, 5.74) is 0.193. The molecule has 0 fully saturated rings. The topological polar surface area (TPSA) is 113 Å². The predicted molar refractivity (Wildman–Crippen MR) is 111 cm³/mol. The molecular formula is C19H22ClN5O3S. The average molecular weight is 436 g/mol. The molecule has 0 aliphatic carbocycles. The largest absolute Gasteiger partial charge is 0.389 e. The zero-order valence-electron chi connectivity index (χ0n) is 16.5. The molecule has 0 saturated carbocycles. The molecule has 1 aromatic carbocycles. The third kappa shape index (κ3) is 4.24. The Morgan fingerprint density at radius 1 is 1.34 bits per heavy atom. The van der Waals surface area contributed by atoms with Crippen molar-refractivity contribution in [3.63, 3.8) is 0 Å². The number of aliphatic hydroxyl groups is 1. The van der Waals surface area contributed by atoms with E-state index in [0.717, 1.165) is 0 Å². The quantitative estimate of drug-likeness (QED) is 0.615. The Hall–Kier alpha value is -2.54. The molecule has 10 heteroatoms. The second-order valence-corrected chi connectivity index (χ2v) is 9.86. The molecule has 0 aliphatic heterocycles. The molecule has 2 N–H and O–H groups in total. The van der Waals surface area contributed by atoms with Gasteiger partial charge in [0.2, 0.25) is 0 Å². The predicted octanol–water partition coefficient (Wildman–Crippen LogP) is 3.52. The van der Waals surface area contributed by atoms with Crippen LogP contribution in [0.3, 0.4) is 0 Å². The number of anilines is 1. The number of sulfonamides is 1. The third-order valence-corrected chi connectivity index (χ3v) is 5.95. The van der Waals surface area contributed by atoms with Crippen molar-refractivity contribution in [1.29, 1.82) is 5.26 Å². The molecule has 8 nitrogen and oxygen atoms in total. The fourth-order valence-corrected chi connectivity index (χ4v) is 4.38. The highest BCUT2D eigenvalue weighted by atomic mass is 35.5. The summed E-state index contributed by atoms with van der Waals surface area (Å²) in [6.45, 7) is 7.23. The van der Waals surface area contributed by atoms with Gasteiger partial charge < -0.3 is 9.67 Å². The van der Waals surface area contributed by atoms with Crippen LogP contribution in [0.25, 0.3) is 10.9 Å². The molecule has 2 heterocycles. The summed E-state index contributed by atoms with van der Waals surface area (Å²) in [6, 6.07) is 5.23. The molecule has 0 radical (unpaired) electrons. The Labute approximate surface area is 174 Å². The molecule has 3 aromatic rings. The lowest BCUT2D eigenvalue weighted by Crippen LogP contribution is -2.26. The van der Waals surface area contributed by atoms with Gasteiger partial charge in [-0.2, -0.15) is 10.4 Å². The van der Waals surface area contributed by atoms with E-state index in [-0.39, 0.29) is 17.5 Å². The first-order valence-electron chi connectivity index (χ1n) is 8.94. The molecule has 3 rings (SSSR count). The van der Waals surface area contributed by atoms with E-state index in [4.69, 9.17) is 11.6 Å². The third-order valence-electron chi connectivity index (χ3n) is 4.31. The molecule has 0 spiro atoms. The van der Waals surface area contributed by atoms with E-state index in [1.807, 2.05) is 18.4 Å². The van der Waals surface area contributed by atoms with Gasteiger partial charge in [-0.15, -0.1) is 0 Å². The maximum atomic E-state index is 12.9. The van der Waals surface area contributed by atoms with Crippen molar-refractivity contribution in [3.05, 3.63) is 41.3 Å². The first-order valence-corrected chi connectivity index (χ1v) is 10.8. The minimum absolute atomic E-state index is 0.0177. The van der Waals surface area contributed by atoms with Gasteiger partial charge in [-0.25, -0.2) is 8.42 Å². The summed E-state index contributed by atoms with van der Waals surface area (Å²) < 4.78 is 31.6. The van der Waals surface area contributed by atoms with Gasteiger partial charge in [0.25, 0.3) is 10.0 Å². The average Bonchev–Trinajstić information content (AvgIpc) is 3.21. The fourth-order valence-electron chi connectivity index (χ4n) is 3.10. The van der Waals surface area contributed by atoms with Gasteiger partial charge in [0.15, 0.2) is 0 Å². The van der Waals surface area contributed by atoms with Crippen LogP contribution in [0.5, 0.6) is 0 Å². The van der Waals surface area contributed by atoms with E-state index in [2.05, 4.69) is 15.9 Å². The normalized spacial score (nSPS) is 12.5. The Bertz CT molecular complexity index is 1210. The Morgan fingerprint density at radius 2 is 2.03 bits per heavy atom. The Morgan fingerprint density at radius 3 is 2.62 bits per heavy atom.